The molecule has 0 bridgehead atoms. The molecule has 0 aliphatic carbocycles. The number of nitrogens with zero attached hydrogens (tertiary/aromatic N) is 3. The number of rotatable bonds is 11. The molecular formula is C28H29N5O5S. The van der Waals surface area contributed by atoms with E-state index in [1.54, 1.807) is 30.3 Å². The van der Waals surface area contributed by atoms with Gasteiger partial charge in [0.1, 0.15) is 34.3 Å². The van der Waals surface area contributed by atoms with Gasteiger partial charge < -0.3 is 30.0 Å². The Morgan fingerprint density at radius 1 is 1.03 bits per heavy atom. The van der Waals surface area contributed by atoms with Crippen molar-refractivity contribution in [1.82, 2.24) is 4.98 Å². The molecule has 0 saturated carbocycles. The van der Waals surface area contributed by atoms with Gasteiger partial charge in [0.2, 0.25) is 11.7 Å². The lowest BCUT2D eigenvalue weighted by molar-refractivity contribution is -0.115. The second-order valence-corrected chi connectivity index (χ2v) is 9.19. The molecule has 3 aromatic rings. The summed E-state index contributed by atoms with van der Waals surface area (Å²) >= 11 is 1.09. The first kappa shape index (κ1) is 29.0. The van der Waals surface area contributed by atoms with Crippen LogP contribution >= 0.6 is 11.8 Å². The first-order chi connectivity index (χ1) is 18.9. The smallest absolute Gasteiger partial charge is 0.238 e. The third-order valence-corrected chi connectivity index (χ3v) is 7.08. The van der Waals surface area contributed by atoms with E-state index in [0.29, 0.717) is 47.3 Å². The predicted molar refractivity (Wildman–Crippen MR) is 149 cm³/mol. The Labute approximate surface area is 231 Å². The number of hydrogen-bond donors (Lipinski definition) is 2. The van der Waals surface area contributed by atoms with Crippen molar-refractivity contribution in [2.75, 3.05) is 39.0 Å². The zero-order chi connectivity index (χ0) is 28.5. The second kappa shape index (κ2) is 13.3. The van der Waals surface area contributed by atoms with Gasteiger partial charge in [0.05, 0.1) is 44.4 Å². The number of thioether (sulfide) groups is 1. The van der Waals surface area contributed by atoms with Crippen LogP contribution in [0.2, 0.25) is 0 Å². The van der Waals surface area contributed by atoms with Crippen molar-refractivity contribution >= 4 is 29.2 Å². The average molecular weight is 548 g/mol. The van der Waals surface area contributed by atoms with E-state index >= 15 is 0 Å². The highest BCUT2D eigenvalue weighted by Gasteiger charge is 2.27. The lowest BCUT2D eigenvalue weighted by Gasteiger charge is -2.19. The molecule has 1 atom stereocenters. The van der Waals surface area contributed by atoms with Gasteiger partial charge >= 0.3 is 0 Å². The number of anilines is 2. The number of para-hydroxylation sites is 2. The summed E-state index contributed by atoms with van der Waals surface area (Å²) in [5.41, 5.74) is 7.55. The van der Waals surface area contributed by atoms with Crippen molar-refractivity contribution < 1.29 is 23.7 Å². The highest BCUT2D eigenvalue weighted by Crippen LogP contribution is 2.45. The molecule has 3 rings (SSSR count). The number of nitrogens with two attached hydrogens (primary N) is 1. The van der Waals surface area contributed by atoms with Gasteiger partial charge in [-0.05, 0) is 43.2 Å². The molecule has 11 heteroatoms. The third-order valence-electron chi connectivity index (χ3n) is 5.73. The Kier molecular flexibility index (Phi) is 9.85. The fraction of sp³-hybridized carbons (Fsp3) is 0.286. The topological polar surface area (TPSA) is 153 Å². The van der Waals surface area contributed by atoms with Crippen molar-refractivity contribution in [3.8, 4) is 46.3 Å². The number of carbonyl (C=O) groups is 1. The summed E-state index contributed by atoms with van der Waals surface area (Å²) in [6, 6.07) is 14.6. The number of nitrogen functional groups attached to an aromatic ring is 1. The molecule has 1 heterocycles. The molecule has 0 saturated heterocycles. The summed E-state index contributed by atoms with van der Waals surface area (Å²) in [7, 11) is 4.41. The SMILES string of the molecule is CCOc1ccccc1NC(=O)C(CC)Sc1nc(N)c(C#N)c(-c2cc(OC)c(OC)c(OC)c2)c1C#N. The van der Waals surface area contributed by atoms with E-state index in [0.717, 1.165) is 11.8 Å². The van der Waals surface area contributed by atoms with Crippen LogP contribution in [0.25, 0.3) is 11.1 Å². The van der Waals surface area contributed by atoms with E-state index in [1.165, 1.54) is 21.3 Å². The van der Waals surface area contributed by atoms with Gasteiger partial charge in [0.15, 0.2) is 11.5 Å². The normalized spacial score (nSPS) is 11.1. The minimum absolute atomic E-state index is 0.0216. The van der Waals surface area contributed by atoms with Crippen molar-refractivity contribution in [2.45, 2.75) is 30.5 Å². The summed E-state index contributed by atoms with van der Waals surface area (Å²) in [4.78, 5) is 17.6. The number of aromatic nitrogens is 1. The zero-order valence-electron chi connectivity index (χ0n) is 22.3. The van der Waals surface area contributed by atoms with Crippen LogP contribution in [-0.2, 0) is 4.79 Å². The molecule has 10 nitrogen and oxygen atoms in total. The van der Waals surface area contributed by atoms with Crippen molar-refractivity contribution in [3.05, 3.63) is 47.5 Å². The highest BCUT2D eigenvalue weighted by atomic mass is 32.2. The van der Waals surface area contributed by atoms with Crippen LogP contribution in [0.1, 0.15) is 31.4 Å². The number of benzene rings is 2. The molecular weight excluding hydrogens is 518 g/mol. The van der Waals surface area contributed by atoms with Crippen LogP contribution in [-0.4, -0.2) is 44.1 Å². The van der Waals surface area contributed by atoms with Gasteiger partial charge in [-0.2, -0.15) is 10.5 Å². The minimum atomic E-state index is -0.626. The molecule has 0 aliphatic rings. The molecule has 1 aromatic heterocycles. The van der Waals surface area contributed by atoms with Gasteiger partial charge in [-0.1, -0.05) is 30.8 Å². The molecule has 1 unspecified atom stereocenters. The van der Waals surface area contributed by atoms with Gasteiger partial charge in [-0.3, -0.25) is 4.79 Å². The van der Waals surface area contributed by atoms with E-state index in [9.17, 15) is 15.3 Å². The molecule has 0 radical (unpaired) electrons. The van der Waals surface area contributed by atoms with E-state index in [2.05, 4.69) is 22.4 Å². The highest BCUT2D eigenvalue weighted by molar-refractivity contribution is 8.00. The maximum Gasteiger partial charge on any atom is 0.238 e. The first-order valence-electron chi connectivity index (χ1n) is 12.0. The molecule has 0 aliphatic heterocycles. The predicted octanol–water partition coefficient (Wildman–Crippen LogP) is 5.01. The number of amides is 1. The van der Waals surface area contributed by atoms with Crippen LogP contribution in [0, 0.1) is 22.7 Å². The first-order valence-corrected chi connectivity index (χ1v) is 12.9. The van der Waals surface area contributed by atoms with Gasteiger partial charge in [0, 0.05) is 5.56 Å². The number of nitriles is 2. The van der Waals surface area contributed by atoms with E-state index < -0.39 is 5.25 Å². The lowest BCUT2D eigenvalue weighted by atomic mass is 9.96. The van der Waals surface area contributed by atoms with Crippen molar-refractivity contribution in [1.29, 1.82) is 10.5 Å². The van der Waals surface area contributed by atoms with E-state index in [1.807, 2.05) is 19.9 Å². The Morgan fingerprint density at radius 2 is 1.67 bits per heavy atom. The molecule has 39 heavy (non-hydrogen) atoms. The second-order valence-electron chi connectivity index (χ2n) is 8.00. The summed E-state index contributed by atoms with van der Waals surface area (Å²) in [6.07, 6.45) is 0.430. The molecule has 0 fully saturated rings. The van der Waals surface area contributed by atoms with Gasteiger partial charge in [-0.15, -0.1) is 0 Å². The number of carbonyl (C=O) groups excluding carboxylic acids is 1. The Bertz CT molecular complexity index is 1420. The van der Waals surface area contributed by atoms with E-state index in [-0.39, 0.29) is 33.4 Å². The Hall–Kier alpha value is -4.61. The van der Waals surface area contributed by atoms with Crippen LogP contribution in [0.4, 0.5) is 11.5 Å². The number of ether oxygens (including phenoxy) is 4. The van der Waals surface area contributed by atoms with Crippen LogP contribution in [0.15, 0.2) is 41.4 Å². The van der Waals surface area contributed by atoms with Crippen LogP contribution < -0.4 is 30.0 Å². The summed E-state index contributed by atoms with van der Waals surface area (Å²) < 4.78 is 21.9. The molecule has 2 aromatic carbocycles. The number of nitrogens with one attached hydrogen (secondary N) is 1. The maximum atomic E-state index is 13.3. The Balaban J connectivity index is 2.10. The maximum absolute atomic E-state index is 13.3. The number of pyridine rings is 1. The van der Waals surface area contributed by atoms with Crippen LogP contribution in [0.5, 0.6) is 23.0 Å². The summed E-state index contributed by atoms with van der Waals surface area (Å²) in [6.45, 7) is 4.16. The summed E-state index contributed by atoms with van der Waals surface area (Å²) in [5, 5.41) is 22.6. The summed E-state index contributed by atoms with van der Waals surface area (Å²) in [5.74, 6) is 1.21. The monoisotopic (exact) mass is 547 g/mol. The van der Waals surface area contributed by atoms with Crippen LogP contribution in [0.3, 0.4) is 0 Å². The van der Waals surface area contributed by atoms with E-state index in [4.69, 9.17) is 24.7 Å². The fourth-order valence-corrected chi connectivity index (χ4v) is 4.94. The van der Waals surface area contributed by atoms with Crippen molar-refractivity contribution in [2.24, 2.45) is 0 Å². The lowest BCUT2D eigenvalue weighted by Crippen LogP contribution is -2.25. The number of hydrogen-bond acceptors (Lipinski definition) is 10. The fourth-order valence-electron chi connectivity index (χ4n) is 3.92. The molecule has 202 valence electrons. The standard InChI is InChI=1S/C28H29N5O5S/c1-6-23(27(34)32-19-10-8-9-11-20(19)38-7-2)39-28-18(15-30)24(17(14-29)26(31)33-28)16-12-21(35-3)25(37-5)22(13-16)36-4/h8-13,23H,6-7H2,1-5H3,(H2,31,33)(H,32,34). The van der Waals surface area contributed by atoms with Gasteiger partial charge in [0.25, 0.3) is 0 Å². The number of methoxy groups -OCH3 is 3. The average Bonchev–Trinajstić information content (AvgIpc) is 2.95. The molecule has 0 spiro atoms. The largest absolute Gasteiger partial charge is 0.493 e. The quantitative estimate of drug-likeness (QED) is 0.313. The Morgan fingerprint density at radius 3 is 2.21 bits per heavy atom. The molecule has 3 N–H and O–H groups in total. The van der Waals surface area contributed by atoms with Gasteiger partial charge in [-0.25, -0.2) is 4.98 Å². The zero-order valence-corrected chi connectivity index (χ0v) is 23.1. The molecule has 1 amide bonds. The third kappa shape index (κ3) is 6.11. The van der Waals surface area contributed by atoms with Crippen molar-refractivity contribution in [3.63, 3.8) is 0 Å². The minimum Gasteiger partial charge on any atom is -0.493 e.